The molecule has 1 N–H and O–H groups in total. The fourth-order valence-electron chi connectivity index (χ4n) is 3.09. The SMILES string of the molecule is CC(C)(C)OC(=O)NCC[C@@H](C(=O)N1CCCCC1)c1ccccc1. The minimum atomic E-state index is -0.521. The van der Waals surface area contributed by atoms with E-state index in [1.54, 1.807) is 0 Å². The van der Waals surface area contributed by atoms with Crippen molar-refractivity contribution in [1.29, 1.82) is 0 Å². The first-order chi connectivity index (χ1) is 11.9. The summed E-state index contributed by atoms with van der Waals surface area (Å²) < 4.78 is 5.26. The van der Waals surface area contributed by atoms with Crippen molar-refractivity contribution in [3.05, 3.63) is 35.9 Å². The Morgan fingerprint density at radius 2 is 1.76 bits per heavy atom. The number of hydrogen-bond donors (Lipinski definition) is 1. The van der Waals surface area contributed by atoms with Crippen molar-refractivity contribution in [3.8, 4) is 0 Å². The van der Waals surface area contributed by atoms with E-state index in [9.17, 15) is 9.59 Å². The Morgan fingerprint density at radius 1 is 1.12 bits per heavy atom. The first kappa shape index (κ1) is 19.3. The highest BCUT2D eigenvalue weighted by Gasteiger charge is 2.27. The molecule has 0 bridgehead atoms. The predicted molar refractivity (Wildman–Crippen MR) is 98.5 cm³/mol. The van der Waals surface area contributed by atoms with E-state index in [4.69, 9.17) is 4.74 Å². The normalized spacial score (nSPS) is 16.2. The molecule has 25 heavy (non-hydrogen) atoms. The van der Waals surface area contributed by atoms with Crippen LogP contribution >= 0.6 is 0 Å². The molecule has 1 heterocycles. The van der Waals surface area contributed by atoms with E-state index < -0.39 is 11.7 Å². The van der Waals surface area contributed by atoms with Crippen LogP contribution in [0.2, 0.25) is 0 Å². The molecule has 0 spiro atoms. The minimum Gasteiger partial charge on any atom is -0.444 e. The Balaban J connectivity index is 1.98. The van der Waals surface area contributed by atoms with Crippen LogP contribution in [-0.4, -0.2) is 42.1 Å². The average molecular weight is 346 g/mol. The van der Waals surface area contributed by atoms with Gasteiger partial charge in [-0.25, -0.2) is 4.79 Å². The fourth-order valence-corrected chi connectivity index (χ4v) is 3.09. The second-order valence-corrected chi connectivity index (χ2v) is 7.57. The molecule has 1 aliphatic heterocycles. The zero-order chi connectivity index (χ0) is 18.3. The number of piperidine rings is 1. The van der Waals surface area contributed by atoms with Crippen LogP contribution in [0.4, 0.5) is 4.79 Å². The molecule has 2 rings (SSSR count). The molecular weight excluding hydrogens is 316 g/mol. The van der Waals surface area contributed by atoms with Crippen LogP contribution in [0.15, 0.2) is 30.3 Å². The first-order valence-electron chi connectivity index (χ1n) is 9.17. The second-order valence-electron chi connectivity index (χ2n) is 7.57. The van der Waals surface area contributed by atoms with Gasteiger partial charge in [0.15, 0.2) is 0 Å². The third kappa shape index (κ3) is 6.40. The zero-order valence-corrected chi connectivity index (χ0v) is 15.6. The molecule has 0 saturated carbocycles. The van der Waals surface area contributed by atoms with Gasteiger partial charge in [0, 0.05) is 19.6 Å². The first-order valence-corrected chi connectivity index (χ1v) is 9.17. The van der Waals surface area contributed by atoms with Crippen molar-refractivity contribution >= 4 is 12.0 Å². The summed E-state index contributed by atoms with van der Waals surface area (Å²) >= 11 is 0. The number of ether oxygens (including phenoxy) is 1. The molecule has 5 nitrogen and oxygen atoms in total. The van der Waals surface area contributed by atoms with Crippen molar-refractivity contribution in [1.82, 2.24) is 10.2 Å². The number of benzene rings is 1. The highest BCUT2D eigenvalue weighted by atomic mass is 16.6. The molecular formula is C20H30N2O3. The third-order valence-corrected chi connectivity index (χ3v) is 4.27. The van der Waals surface area contributed by atoms with E-state index in [1.807, 2.05) is 56.0 Å². The molecule has 1 fully saturated rings. The number of alkyl carbamates (subject to hydrolysis) is 1. The average Bonchev–Trinajstić information content (AvgIpc) is 2.58. The van der Waals surface area contributed by atoms with Gasteiger partial charge in [0.25, 0.3) is 0 Å². The molecule has 1 aromatic rings. The van der Waals surface area contributed by atoms with Gasteiger partial charge in [-0.15, -0.1) is 0 Å². The van der Waals surface area contributed by atoms with Gasteiger partial charge in [-0.3, -0.25) is 4.79 Å². The number of likely N-dealkylation sites (tertiary alicyclic amines) is 1. The Bertz CT molecular complexity index is 560. The van der Waals surface area contributed by atoms with Gasteiger partial charge in [0.05, 0.1) is 5.92 Å². The summed E-state index contributed by atoms with van der Waals surface area (Å²) in [5.74, 6) is -0.0638. The maximum atomic E-state index is 13.0. The lowest BCUT2D eigenvalue weighted by atomic mass is 9.93. The van der Waals surface area contributed by atoms with Gasteiger partial charge >= 0.3 is 6.09 Å². The number of amides is 2. The van der Waals surface area contributed by atoms with Crippen molar-refractivity contribution in [3.63, 3.8) is 0 Å². The second kappa shape index (κ2) is 8.88. The van der Waals surface area contributed by atoms with Crippen molar-refractivity contribution < 1.29 is 14.3 Å². The van der Waals surface area contributed by atoms with E-state index in [0.29, 0.717) is 13.0 Å². The molecule has 1 aliphatic rings. The van der Waals surface area contributed by atoms with Gasteiger partial charge < -0.3 is 15.0 Å². The summed E-state index contributed by atoms with van der Waals surface area (Å²) in [4.78, 5) is 26.8. The molecule has 0 aliphatic carbocycles. The van der Waals surface area contributed by atoms with Crippen molar-refractivity contribution in [2.45, 2.75) is 58.0 Å². The summed E-state index contributed by atoms with van der Waals surface area (Å²) in [6, 6.07) is 9.82. The lowest BCUT2D eigenvalue weighted by Crippen LogP contribution is -2.40. The number of carbonyl (C=O) groups excluding carboxylic acids is 2. The largest absolute Gasteiger partial charge is 0.444 e. The summed E-state index contributed by atoms with van der Waals surface area (Å²) in [5, 5.41) is 2.77. The lowest BCUT2D eigenvalue weighted by Gasteiger charge is -2.31. The Kier molecular flexibility index (Phi) is 6.85. The molecule has 0 unspecified atom stereocenters. The Hall–Kier alpha value is -2.04. The van der Waals surface area contributed by atoms with Gasteiger partial charge in [-0.05, 0) is 52.0 Å². The molecule has 138 valence electrons. The Labute approximate surface area is 150 Å². The minimum absolute atomic E-state index is 0.164. The monoisotopic (exact) mass is 346 g/mol. The van der Waals surface area contributed by atoms with Crippen LogP contribution < -0.4 is 5.32 Å². The quantitative estimate of drug-likeness (QED) is 0.884. The van der Waals surface area contributed by atoms with E-state index in [-0.39, 0.29) is 11.8 Å². The van der Waals surface area contributed by atoms with E-state index >= 15 is 0 Å². The molecule has 0 aromatic heterocycles. The molecule has 5 heteroatoms. The van der Waals surface area contributed by atoms with Crippen LogP contribution in [0, 0.1) is 0 Å². The van der Waals surface area contributed by atoms with Crippen LogP contribution in [0.3, 0.4) is 0 Å². The summed E-state index contributed by atoms with van der Waals surface area (Å²) in [5.41, 5.74) is 0.482. The van der Waals surface area contributed by atoms with Crippen LogP contribution in [0.1, 0.15) is 57.9 Å². The lowest BCUT2D eigenvalue weighted by molar-refractivity contribution is -0.133. The fraction of sp³-hybridized carbons (Fsp3) is 0.600. The van der Waals surface area contributed by atoms with Gasteiger partial charge in [0.2, 0.25) is 5.91 Å². The number of nitrogens with zero attached hydrogens (tertiary/aromatic N) is 1. The highest BCUT2D eigenvalue weighted by molar-refractivity contribution is 5.84. The molecule has 1 saturated heterocycles. The molecule has 1 aromatic carbocycles. The van der Waals surface area contributed by atoms with E-state index in [2.05, 4.69) is 5.32 Å². The smallest absolute Gasteiger partial charge is 0.407 e. The van der Waals surface area contributed by atoms with Gasteiger partial charge in [0.1, 0.15) is 5.60 Å². The van der Waals surface area contributed by atoms with E-state index in [1.165, 1.54) is 6.42 Å². The highest BCUT2D eigenvalue weighted by Crippen LogP contribution is 2.24. The van der Waals surface area contributed by atoms with Gasteiger partial charge in [-0.2, -0.15) is 0 Å². The van der Waals surface area contributed by atoms with Crippen molar-refractivity contribution in [2.24, 2.45) is 0 Å². The number of carbonyl (C=O) groups is 2. The molecule has 2 amide bonds. The van der Waals surface area contributed by atoms with Gasteiger partial charge in [-0.1, -0.05) is 30.3 Å². The number of nitrogens with one attached hydrogen (secondary N) is 1. The van der Waals surface area contributed by atoms with E-state index in [0.717, 1.165) is 31.5 Å². The van der Waals surface area contributed by atoms with Crippen LogP contribution in [0.5, 0.6) is 0 Å². The van der Waals surface area contributed by atoms with Crippen LogP contribution in [0.25, 0.3) is 0 Å². The molecule has 1 atom stereocenters. The Morgan fingerprint density at radius 3 is 2.36 bits per heavy atom. The zero-order valence-electron chi connectivity index (χ0n) is 15.6. The maximum absolute atomic E-state index is 13.0. The number of rotatable bonds is 5. The van der Waals surface area contributed by atoms with Crippen molar-refractivity contribution in [2.75, 3.05) is 19.6 Å². The number of hydrogen-bond acceptors (Lipinski definition) is 3. The summed E-state index contributed by atoms with van der Waals surface area (Å²) in [7, 11) is 0. The summed E-state index contributed by atoms with van der Waals surface area (Å²) in [6.07, 6.45) is 3.47. The molecule has 0 radical (unpaired) electrons. The maximum Gasteiger partial charge on any atom is 0.407 e. The van der Waals surface area contributed by atoms with Crippen LogP contribution in [-0.2, 0) is 9.53 Å². The third-order valence-electron chi connectivity index (χ3n) is 4.27. The topological polar surface area (TPSA) is 58.6 Å². The summed E-state index contributed by atoms with van der Waals surface area (Å²) in [6.45, 7) is 7.58. The standard InChI is InChI=1S/C20H30N2O3/c1-20(2,3)25-19(24)21-13-12-17(16-10-6-4-7-11-16)18(23)22-14-8-5-9-15-22/h4,6-7,10-11,17H,5,8-9,12-15H2,1-3H3,(H,21,24)/t17-/m1/s1. The predicted octanol–water partition coefficient (Wildman–Crippen LogP) is 3.70.